The van der Waals surface area contributed by atoms with Gasteiger partial charge in [-0.1, -0.05) is 19.9 Å². The third-order valence-corrected chi connectivity index (χ3v) is 4.68. The molecule has 1 heterocycles. The van der Waals surface area contributed by atoms with E-state index in [-0.39, 0.29) is 0 Å². The Morgan fingerprint density at radius 1 is 1.41 bits per heavy atom. The lowest BCUT2D eigenvalue weighted by Gasteiger charge is -2.35. The lowest BCUT2D eigenvalue weighted by molar-refractivity contribution is 0.358. The molecule has 1 atom stereocenters. The predicted octanol–water partition coefficient (Wildman–Crippen LogP) is 3.64. The largest absolute Gasteiger partial charge is 0.497 e. The lowest BCUT2D eigenvalue weighted by Crippen LogP contribution is -2.35. The van der Waals surface area contributed by atoms with Crippen molar-refractivity contribution in [2.24, 2.45) is 5.41 Å². The van der Waals surface area contributed by atoms with Gasteiger partial charge in [-0.3, -0.25) is 0 Å². The van der Waals surface area contributed by atoms with E-state index < -0.39 is 0 Å². The van der Waals surface area contributed by atoms with Gasteiger partial charge in [0.25, 0.3) is 0 Å². The summed E-state index contributed by atoms with van der Waals surface area (Å²) >= 11 is 2.05. The summed E-state index contributed by atoms with van der Waals surface area (Å²) in [4.78, 5) is 0. The number of hydrogen-bond donors (Lipinski definition) is 1. The van der Waals surface area contributed by atoms with Crippen LogP contribution >= 0.6 is 11.8 Å². The van der Waals surface area contributed by atoms with Gasteiger partial charge in [0, 0.05) is 23.5 Å². The number of benzene rings is 1. The van der Waals surface area contributed by atoms with E-state index in [1.54, 1.807) is 7.11 Å². The molecule has 0 aromatic heterocycles. The molecule has 1 aliphatic rings. The summed E-state index contributed by atoms with van der Waals surface area (Å²) in [6, 6.07) is 8.74. The number of ether oxygens (including phenoxy) is 1. The van der Waals surface area contributed by atoms with E-state index in [9.17, 15) is 0 Å². The number of anilines is 1. The van der Waals surface area contributed by atoms with Crippen molar-refractivity contribution in [1.29, 1.82) is 0 Å². The topological polar surface area (TPSA) is 21.3 Å². The summed E-state index contributed by atoms with van der Waals surface area (Å²) < 4.78 is 5.24. The Labute approximate surface area is 108 Å². The molecule has 0 bridgehead atoms. The second kappa shape index (κ2) is 5.21. The third-order valence-electron chi connectivity index (χ3n) is 3.05. The van der Waals surface area contributed by atoms with Crippen LogP contribution in [0.4, 0.5) is 5.69 Å². The highest BCUT2D eigenvalue weighted by Crippen LogP contribution is 2.34. The standard InChI is InChI=1S/C14H21NOS/c1-14(2)8-12(9-17-10-14)15-11-5-4-6-13(7-11)16-3/h4-7,12,15H,8-10H2,1-3H3. The maximum absolute atomic E-state index is 5.24. The van der Waals surface area contributed by atoms with E-state index in [1.165, 1.54) is 17.9 Å². The Hall–Kier alpha value is -0.830. The molecule has 1 aromatic rings. The summed E-state index contributed by atoms with van der Waals surface area (Å²) in [5.74, 6) is 3.38. The SMILES string of the molecule is COc1cccc(NC2CSCC(C)(C)C2)c1. The number of methoxy groups -OCH3 is 1. The summed E-state index contributed by atoms with van der Waals surface area (Å²) in [5, 5.41) is 3.61. The minimum Gasteiger partial charge on any atom is -0.497 e. The molecule has 1 N–H and O–H groups in total. The van der Waals surface area contributed by atoms with Crippen molar-refractivity contribution in [3.63, 3.8) is 0 Å². The van der Waals surface area contributed by atoms with Crippen LogP contribution in [0.3, 0.4) is 0 Å². The number of rotatable bonds is 3. The van der Waals surface area contributed by atoms with Crippen LogP contribution < -0.4 is 10.1 Å². The van der Waals surface area contributed by atoms with Gasteiger partial charge < -0.3 is 10.1 Å². The smallest absolute Gasteiger partial charge is 0.120 e. The minimum atomic E-state index is 0.444. The summed E-state index contributed by atoms with van der Waals surface area (Å²) in [7, 11) is 1.71. The van der Waals surface area contributed by atoms with Crippen molar-refractivity contribution in [2.45, 2.75) is 26.3 Å². The monoisotopic (exact) mass is 251 g/mol. The molecule has 1 unspecified atom stereocenters. The number of hydrogen-bond acceptors (Lipinski definition) is 3. The van der Waals surface area contributed by atoms with Gasteiger partial charge in [-0.25, -0.2) is 0 Å². The van der Waals surface area contributed by atoms with Gasteiger partial charge in [0.2, 0.25) is 0 Å². The molecular formula is C14H21NOS. The fourth-order valence-corrected chi connectivity index (χ4v) is 3.58. The van der Waals surface area contributed by atoms with Crippen molar-refractivity contribution in [2.75, 3.05) is 23.9 Å². The fraction of sp³-hybridized carbons (Fsp3) is 0.571. The Morgan fingerprint density at radius 3 is 2.94 bits per heavy atom. The zero-order chi connectivity index (χ0) is 12.3. The predicted molar refractivity (Wildman–Crippen MR) is 76.1 cm³/mol. The van der Waals surface area contributed by atoms with E-state index in [0.717, 1.165) is 11.4 Å². The first-order valence-electron chi connectivity index (χ1n) is 6.07. The molecule has 2 rings (SSSR count). The maximum atomic E-state index is 5.24. The zero-order valence-corrected chi connectivity index (χ0v) is 11.6. The average Bonchev–Trinajstić information content (AvgIpc) is 2.28. The van der Waals surface area contributed by atoms with Crippen LogP contribution in [0.1, 0.15) is 20.3 Å². The van der Waals surface area contributed by atoms with Gasteiger partial charge in [0.15, 0.2) is 0 Å². The van der Waals surface area contributed by atoms with Crippen LogP contribution in [0.15, 0.2) is 24.3 Å². The second-order valence-electron chi connectivity index (χ2n) is 5.46. The van der Waals surface area contributed by atoms with Crippen LogP contribution in [0.25, 0.3) is 0 Å². The van der Waals surface area contributed by atoms with Gasteiger partial charge in [-0.2, -0.15) is 11.8 Å². The molecular weight excluding hydrogens is 230 g/mol. The van der Waals surface area contributed by atoms with E-state index in [2.05, 4.69) is 31.3 Å². The Balaban J connectivity index is 2.00. The second-order valence-corrected chi connectivity index (χ2v) is 6.49. The highest BCUT2D eigenvalue weighted by atomic mass is 32.2. The molecule has 0 radical (unpaired) electrons. The molecule has 0 spiro atoms. The van der Waals surface area contributed by atoms with Crippen LogP contribution in [-0.4, -0.2) is 24.7 Å². The molecule has 0 aliphatic carbocycles. The lowest BCUT2D eigenvalue weighted by atomic mass is 9.88. The molecule has 1 fully saturated rings. The number of nitrogens with one attached hydrogen (secondary N) is 1. The van der Waals surface area contributed by atoms with E-state index >= 15 is 0 Å². The van der Waals surface area contributed by atoms with Crippen molar-refractivity contribution < 1.29 is 4.74 Å². The van der Waals surface area contributed by atoms with E-state index in [1.807, 2.05) is 23.9 Å². The molecule has 1 saturated heterocycles. The minimum absolute atomic E-state index is 0.444. The summed E-state index contributed by atoms with van der Waals surface area (Å²) in [5.41, 5.74) is 1.60. The summed E-state index contributed by atoms with van der Waals surface area (Å²) in [6.45, 7) is 4.69. The third kappa shape index (κ3) is 3.56. The zero-order valence-electron chi connectivity index (χ0n) is 10.8. The molecule has 3 heteroatoms. The Kier molecular flexibility index (Phi) is 3.87. The van der Waals surface area contributed by atoms with Gasteiger partial charge in [-0.05, 0) is 29.7 Å². The van der Waals surface area contributed by atoms with Crippen molar-refractivity contribution in [1.82, 2.24) is 0 Å². The molecule has 0 amide bonds. The first-order chi connectivity index (χ1) is 8.09. The van der Waals surface area contributed by atoms with Crippen LogP contribution in [-0.2, 0) is 0 Å². The highest BCUT2D eigenvalue weighted by molar-refractivity contribution is 7.99. The van der Waals surface area contributed by atoms with Crippen molar-refractivity contribution >= 4 is 17.4 Å². The fourth-order valence-electron chi connectivity index (χ4n) is 2.30. The van der Waals surface area contributed by atoms with Crippen molar-refractivity contribution in [3.8, 4) is 5.75 Å². The van der Waals surface area contributed by atoms with Crippen molar-refractivity contribution in [3.05, 3.63) is 24.3 Å². The molecule has 0 saturated carbocycles. The Bertz CT molecular complexity index is 378. The quantitative estimate of drug-likeness (QED) is 0.886. The van der Waals surface area contributed by atoms with E-state index in [4.69, 9.17) is 4.74 Å². The van der Waals surface area contributed by atoms with E-state index in [0.29, 0.717) is 11.5 Å². The highest BCUT2D eigenvalue weighted by Gasteiger charge is 2.28. The van der Waals surface area contributed by atoms with Crippen LogP contribution in [0.2, 0.25) is 0 Å². The Morgan fingerprint density at radius 2 is 2.24 bits per heavy atom. The van der Waals surface area contributed by atoms with Gasteiger partial charge in [0.1, 0.15) is 5.75 Å². The van der Waals surface area contributed by atoms with Gasteiger partial charge in [-0.15, -0.1) is 0 Å². The van der Waals surface area contributed by atoms with Gasteiger partial charge >= 0.3 is 0 Å². The molecule has 1 aliphatic heterocycles. The van der Waals surface area contributed by atoms with Crippen LogP contribution in [0.5, 0.6) is 5.75 Å². The molecule has 94 valence electrons. The summed E-state index contributed by atoms with van der Waals surface area (Å²) in [6.07, 6.45) is 1.23. The molecule has 2 nitrogen and oxygen atoms in total. The van der Waals surface area contributed by atoms with Gasteiger partial charge in [0.05, 0.1) is 7.11 Å². The van der Waals surface area contributed by atoms with Crippen LogP contribution in [0, 0.1) is 5.41 Å². The molecule has 17 heavy (non-hydrogen) atoms. The first kappa shape index (κ1) is 12.6. The number of thioether (sulfide) groups is 1. The first-order valence-corrected chi connectivity index (χ1v) is 7.23. The molecule has 1 aromatic carbocycles. The normalized spacial score (nSPS) is 23.1. The maximum Gasteiger partial charge on any atom is 0.120 e. The average molecular weight is 251 g/mol.